The standard InChI is InChI=1S/C13H25N3O2/c1-17-12-9-18-6-5-11(12)8-16-13(14)15-7-10-3-2-4-10/h10-12H,2-9H2,1H3,(H3,14,15,16). The second-order valence-corrected chi connectivity index (χ2v) is 5.30. The molecule has 1 aliphatic heterocycles. The van der Waals surface area contributed by atoms with E-state index < -0.39 is 0 Å². The number of nitrogens with zero attached hydrogens (tertiary/aromatic N) is 1. The van der Waals surface area contributed by atoms with E-state index in [4.69, 9.17) is 15.2 Å². The number of rotatable bonds is 5. The summed E-state index contributed by atoms with van der Waals surface area (Å²) in [5, 5.41) is 3.21. The zero-order valence-corrected chi connectivity index (χ0v) is 11.2. The van der Waals surface area contributed by atoms with Crippen LogP contribution >= 0.6 is 0 Å². The molecule has 2 rings (SSSR count). The van der Waals surface area contributed by atoms with Gasteiger partial charge in [-0.3, -0.25) is 4.99 Å². The summed E-state index contributed by atoms with van der Waals surface area (Å²) < 4.78 is 10.8. The molecule has 0 radical (unpaired) electrons. The molecule has 0 amide bonds. The van der Waals surface area contributed by atoms with E-state index in [1.165, 1.54) is 19.3 Å². The average Bonchev–Trinajstić information content (AvgIpc) is 2.35. The van der Waals surface area contributed by atoms with Crippen molar-refractivity contribution in [3.05, 3.63) is 0 Å². The molecule has 3 N–H and O–H groups in total. The van der Waals surface area contributed by atoms with Gasteiger partial charge in [0.05, 0.1) is 12.7 Å². The summed E-state index contributed by atoms with van der Waals surface area (Å²) in [6, 6.07) is 0. The zero-order valence-electron chi connectivity index (χ0n) is 11.2. The quantitative estimate of drug-likeness (QED) is 0.561. The average molecular weight is 255 g/mol. The summed E-state index contributed by atoms with van der Waals surface area (Å²) in [4.78, 5) is 4.39. The van der Waals surface area contributed by atoms with Crippen LogP contribution in [-0.4, -0.2) is 45.5 Å². The van der Waals surface area contributed by atoms with Crippen molar-refractivity contribution in [1.82, 2.24) is 5.32 Å². The van der Waals surface area contributed by atoms with E-state index in [0.717, 1.165) is 32.0 Å². The zero-order chi connectivity index (χ0) is 12.8. The highest BCUT2D eigenvalue weighted by Gasteiger charge is 2.25. The fraction of sp³-hybridized carbons (Fsp3) is 0.923. The molecule has 2 fully saturated rings. The summed E-state index contributed by atoms with van der Waals surface area (Å²) in [5.74, 6) is 1.80. The predicted molar refractivity (Wildman–Crippen MR) is 71.6 cm³/mol. The Kier molecular flexibility index (Phi) is 5.26. The third kappa shape index (κ3) is 3.85. The van der Waals surface area contributed by atoms with Crippen molar-refractivity contribution in [2.75, 3.05) is 33.4 Å². The molecule has 18 heavy (non-hydrogen) atoms. The number of nitrogens with two attached hydrogens (primary N) is 1. The number of guanidine groups is 1. The lowest BCUT2D eigenvalue weighted by Crippen LogP contribution is -2.43. The summed E-state index contributed by atoms with van der Waals surface area (Å²) >= 11 is 0. The van der Waals surface area contributed by atoms with Gasteiger partial charge < -0.3 is 20.5 Å². The molecule has 0 bridgehead atoms. The monoisotopic (exact) mass is 255 g/mol. The Hall–Kier alpha value is -0.810. The number of hydrogen-bond acceptors (Lipinski definition) is 3. The smallest absolute Gasteiger partial charge is 0.188 e. The van der Waals surface area contributed by atoms with Gasteiger partial charge in [-0.05, 0) is 25.2 Å². The summed E-state index contributed by atoms with van der Waals surface area (Å²) in [6.45, 7) is 3.19. The molecule has 0 aromatic rings. The van der Waals surface area contributed by atoms with Crippen LogP contribution in [0.25, 0.3) is 0 Å². The first kappa shape index (κ1) is 13.6. The Labute approximate surface area is 109 Å². The van der Waals surface area contributed by atoms with Gasteiger partial charge in [-0.25, -0.2) is 0 Å². The Bertz CT molecular complexity index is 279. The van der Waals surface area contributed by atoms with Gasteiger partial charge in [-0.15, -0.1) is 0 Å². The van der Waals surface area contributed by atoms with Crippen LogP contribution in [-0.2, 0) is 9.47 Å². The Morgan fingerprint density at radius 2 is 2.28 bits per heavy atom. The van der Waals surface area contributed by atoms with E-state index in [2.05, 4.69) is 10.3 Å². The topological polar surface area (TPSA) is 68.9 Å². The highest BCUT2D eigenvalue weighted by atomic mass is 16.5. The first-order chi connectivity index (χ1) is 8.79. The van der Waals surface area contributed by atoms with E-state index >= 15 is 0 Å². The lowest BCUT2D eigenvalue weighted by molar-refractivity contribution is -0.0636. The first-order valence-corrected chi connectivity index (χ1v) is 6.94. The van der Waals surface area contributed by atoms with Gasteiger partial charge in [0.25, 0.3) is 0 Å². The van der Waals surface area contributed by atoms with E-state index in [0.29, 0.717) is 18.5 Å². The maximum absolute atomic E-state index is 5.87. The van der Waals surface area contributed by atoms with Gasteiger partial charge in [-0.2, -0.15) is 0 Å². The van der Waals surface area contributed by atoms with Gasteiger partial charge in [0.2, 0.25) is 0 Å². The van der Waals surface area contributed by atoms with Crippen molar-refractivity contribution in [3.63, 3.8) is 0 Å². The van der Waals surface area contributed by atoms with Crippen molar-refractivity contribution < 1.29 is 9.47 Å². The van der Waals surface area contributed by atoms with Crippen molar-refractivity contribution >= 4 is 5.96 Å². The van der Waals surface area contributed by atoms with Crippen LogP contribution in [0.5, 0.6) is 0 Å². The second-order valence-electron chi connectivity index (χ2n) is 5.30. The fourth-order valence-corrected chi connectivity index (χ4v) is 2.44. The molecule has 1 aliphatic carbocycles. The molecule has 0 aromatic carbocycles. The van der Waals surface area contributed by atoms with Crippen LogP contribution in [0.15, 0.2) is 4.99 Å². The molecule has 0 spiro atoms. The third-order valence-corrected chi connectivity index (χ3v) is 4.03. The maximum atomic E-state index is 5.87. The minimum absolute atomic E-state index is 0.172. The molecule has 0 aromatic heterocycles. The first-order valence-electron chi connectivity index (χ1n) is 6.94. The van der Waals surface area contributed by atoms with Gasteiger partial charge in [-0.1, -0.05) is 6.42 Å². The highest BCUT2D eigenvalue weighted by molar-refractivity contribution is 5.77. The van der Waals surface area contributed by atoms with E-state index in [9.17, 15) is 0 Å². The molecule has 1 saturated heterocycles. The lowest BCUT2D eigenvalue weighted by atomic mass is 9.86. The van der Waals surface area contributed by atoms with E-state index in [-0.39, 0.29) is 6.10 Å². The Morgan fingerprint density at radius 3 is 2.94 bits per heavy atom. The number of hydrogen-bond donors (Lipinski definition) is 2. The van der Waals surface area contributed by atoms with Crippen molar-refractivity contribution in [1.29, 1.82) is 0 Å². The van der Waals surface area contributed by atoms with E-state index in [1.54, 1.807) is 7.11 Å². The molecule has 2 atom stereocenters. The fourth-order valence-electron chi connectivity index (χ4n) is 2.44. The van der Waals surface area contributed by atoms with Crippen LogP contribution in [0.4, 0.5) is 0 Å². The van der Waals surface area contributed by atoms with Crippen molar-refractivity contribution in [2.45, 2.75) is 31.8 Å². The molecule has 1 heterocycles. The van der Waals surface area contributed by atoms with Crippen LogP contribution in [0.3, 0.4) is 0 Å². The number of aliphatic imine (C=N–C) groups is 1. The number of ether oxygens (including phenoxy) is 2. The van der Waals surface area contributed by atoms with Crippen LogP contribution in [0.1, 0.15) is 25.7 Å². The minimum atomic E-state index is 0.172. The van der Waals surface area contributed by atoms with Crippen molar-refractivity contribution in [3.8, 4) is 0 Å². The second kappa shape index (κ2) is 6.95. The molecular formula is C13H25N3O2. The summed E-state index contributed by atoms with van der Waals surface area (Å²) in [6.07, 6.45) is 5.16. The lowest BCUT2D eigenvalue weighted by Gasteiger charge is -2.30. The summed E-state index contributed by atoms with van der Waals surface area (Å²) in [7, 11) is 1.74. The summed E-state index contributed by atoms with van der Waals surface area (Å²) in [5.41, 5.74) is 5.87. The van der Waals surface area contributed by atoms with Crippen LogP contribution in [0, 0.1) is 11.8 Å². The van der Waals surface area contributed by atoms with Crippen LogP contribution < -0.4 is 11.1 Å². The van der Waals surface area contributed by atoms with Gasteiger partial charge in [0.15, 0.2) is 5.96 Å². The normalized spacial score (nSPS) is 29.9. The van der Waals surface area contributed by atoms with Crippen LogP contribution in [0.2, 0.25) is 0 Å². The maximum Gasteiger partial charge on any atom is 0.188 e. The van der Waals surface area contributed by atoms with Gasteiger partial charge in [0.1, 0.15) is 0 Å². The molecule has 1 saturated carbocycles. The molecule has 5 nitrogen and oxygen atoms in total. The number of nitrogens with one attached hydrogen (secondary N) is 1. The highest BCUT2D eigenvalue weighted by Crippen LogP contribution is 2.26. The minimum Gasteiger partial charge on any atom is -0.379 e. The SMILES string of the molecule is COC1COCCC1CNC(N)=NCC1CCC1. The number of methoxy groups -OCH3 is 1. The molecular weight excluding hydrogens is 230 g/mol. The largest absolute Gasteiger partial charge is 0.379 e. The third-order valence-electron chi connectivity index (χ3n) is 4.03. The molecule has 104 valence electrons. The van der Waals surface area contributed by atoms with Crippen molar-refractivity contribution in [2.24, 2.45) is 22.6 Å². The molecule has 5 heteroatoms. The predicted octanol–water partition coefficient (Wildman–Crippen LogP) is 0.742. The molecule has 2 unspecified atom stereocenters. The van der Waals surface area contributed by atoms with Gasteiger partial charge >= 0.3 is 0 Å². The van der Waals surface area contributed by atoms with Gasteiger partial charge in [0, 0.05) is 32.7 Å². The van der Waals surface area contributed by atoms with E-state index in [1.807, 2.05) is 0 Å². The Balaban J connectivity index is 1.68. The molecule has 2 aliphatic rings. The Morgan fingerprint density at radius 1 is 1.44 bits per heavy atom.